The molecular formula is C11H13IN2. The van der Waals surface area contributed by atoms with Crippen molar-refractivity contribution in [2.24, 2.45) is 4.99 Å². The van der Waals surface area contributed by atoms with E-state index in [1.807, 2.05) is 6.21 Å². The summed E-state index contributed by atoms with van der Waals surface area (Å²) in [5.74, 6) is 0. The Morgan fingerprint density at radius 2 is 2.00 bits per heavy atom. The van der Waals surface area contributed by atoms with Crippen LogP contribution in [0, 0.1) is 17.5 Å². The number of aromatic nitrogens is 1. The molecule has 0 spiro atoms. The standard InChI is InChI=1S/C11H13IN2/c1-5-10-9(6-13-4)7(2)8(3)11(12)14-10/h5-6H,1H2,2-4H3. The summed E-state index contributed by atoms with van der Waals surface area (Å²) in [4.78, 5) is 8.48. The van der Waals surface area contributed by atoms with Crippen LogP contribution in [0.25, 0.3) is 6.08 Å². The third-order valence-electron chi connectivity index (χ3n) is 2.22. The van der Waals surface area contributed by atoms with Crippen LogP contribution in [-0.4, -0.2) is 18.2 Å². The van der Waals surface area contributed by atoms with E-state index in [4.69, 9.17) is 0 Å². The molecule has 0 amide bonds. The van der Waals surface area contributed by atoms with Gasteiger partial charge in [-0.3, -0.25) is 4.99 Å². The monoisotopic (exact) mass is 300 g/mol. The van der Waals surface area contributed by atoms with E-state index in [0.29, 0.717) is 0 Å². The summed E-state index contributed by atoms with van der Waals surface area (Å²) in [5, 5.41) is 0. The second-order valence-corrected chi connectivity index (χ2v) is 4.06. The maximum absolute atomic E-state index is 4.45. The Morgan fingerprint density at radius 3 is 2.50 bits per heavy atom. The minimum atomic E-state index is 0.906. The summed E-state index contributed by atoms with van der Waals surface area (Å²) in [7, 11) is 1.76. The van der Waals surface area contributed by atoms with Crippen molar-refractivity contribution in [3.05, 3.63) is 32.7 Å². The number of hydrogen-bond donors (Lipinski definition) is 0. The summed E-state index contributed by atoms with van der Waals surface area (Å²) in [5.41, 5.74) is 4.42. The first kappa shape index (κ1) is 11.4. The fourth-order valence-corrected chi connectivity index (χ4v) is 1.91. The van der Waals surface area contributed by atoms with Crippen LogP contribution in [0.3, 0.4) is 0 Å². The molecule has 14 heavy (non-hydrogen) atoms. The first-order valence-electron chi connectivity index (χ1n) is 4.33. The zero-order valence-corrected chi connectivity index (χ0v) is 10.8. The maximum atomic E-state index is 4.45. The lowest BCUT2D eigenvalue weighted by Gasteiger charge is -2.09. The molecule has 0 aliphatic rings. The highest BCUT2D eigenvalue weighted by Crippen LogP contribution is 2.20. The highest BCUT2D eigenvalue weighted by atomic mass is 127. The number of nitrogens with zero attached hydrogens (tertiary/aromatic N) is 2. The zero-order valence-electron chi connectivity index (χ0n) is 8.63. The highest BCUT2D eigenvalue weighted by Gasteiger charge is 2.08. The molecule has 0 aliphatic heterocycles. The molecule has 0 saturated heterocycles. The van der Waals surface area contributed by atoms with Crippen molar-refractivity contribution in [3.63, 3.8) is 0 Å². The lowest BCUT2D eigenvalue weighted by molar-refractivity contribution is 1.14. The van der Waals surface area contributed by atoms with Crippen molar-refractivity contribution in [2.75, 3.05) is 7.05 Å². The van der Waals surface area contributed by atoms with Crippen molar-refractivity contribution < 1.29 is 0 Å². The van der Waals surface area contributed by atoms with E-state index < -0.39 is 0 Å². The Kier molecular flexibility index (Phi) is 3.80. The molecule has 0 atom stereocenters. The van der Waals surface area contributed by atoms with Crippen LogP contribution in [0.15, 0.2) is 11.6 Å². The Balaban J connectivity index is 3.52. The fourth-order valence-electron chi connectivity index (χ4n) is 1.25. The average molecular weight is 300 g/mol. The second kappa shape index (κ2) is 4.68. The van der Waals surface area contributed by atoms with Crippen LogP contribution in [0.1, 0.15) is 22.4 Å². The van der Waals surface area contributed by atoms with Gasteiger partial charge in [0.1, 0.15) is 3.70 Å². The third-order valence-corrected chi connectivity index (χ3v) is 3.27. The SMILES string of the molecule is C=Cc1nc(I)c(C)c(C)c1C=NC. The van der Waals surface area contributed by atoms with Gasteiger partial charge in [0, 0.05) is 18.8 Å². The number of pyridine rings is 1. The Hall–Kier alpha value is -0.710. The molecule has 1 aromatic heterocycles. The van der Waals surface area contributed by atoms with Gasteiger partial charge in [-0.2, -0.15) is 0 Å². The van der Waals surface area contributed by atoms with E-state index >= 15 is 0 Å². The van der Waals surface area contributed by atoms with E-state index in [-0.39, 0.29) is 0 Å². The van der Waals surface area contributed by atoms with Crippen LogP contribution in [0.5, 0.6) is 0 Å². The normalized spacial score (nSPS) is 10.9. The molecule has 2 nitrogen and oxygen atoms in total. The van der Waals surface area contributed by atoms with E-state index in [1.54, 1.807) is 13.1 Å². The van der Waals surface area contributed by atoms with Crippen LogP contribution in [0.2, 0.25) is 0 Å². The largest absolute Gasteiger partial charge is 0.296 e. The summed E-state index contributed by atoms with van der Waals surface area (Å²) >= 11 is 2.24. The molecule has 0 aromatic carbocycles. The van der Waals surface area contributed by atoms with E-state index in [1.165, 1.54) is 11.1 Å². The van der Waals surface area contributed by atoms with Gasteiger partial charge in [0.05, 0.1) is 5.69 Å². The van der Waals surface area contributed by atoms with Crippen molar-refractivity contribution in [1.82, 2.24) is 4.98 Å². The molecule has 74 valence electrons. The molecule has 0 N–H and O–H groups in total. The summed E-state index contributed by atoms with van der Waals surface area (Å²) in [6.45, 7) is 7.92. The van der Waals surface area contributed by atoms with Gasteiger partial charge < -0.3 is 0 Å². The van der Waals surface area contributed by atoms with Gasteiger partial charge in [0.15, 0.2) is 0 Å². The minimum absolute atomic E-state index is 0.906. The van der Waals surface area contributed by atoms with E-state index in [0.717, 1.165) is 15.0 Å². The third kappa shape index (κ3) is 2.03. The predicted molar refractivity (Wildman–Crippen MR) is 70.0 cm³/mol. The average Bonchev–Trinajstić information content (AvgIpc) is 2.19. The molecule has 0 bridgehead atoms. The van der Waals surface area contributed by atoms with Crippen molar-refractivity contribution in [3.8, 4) is 0 Å². The second-order valence-electron chi connectivity index (χ2n) is 3.04. The van der Waals surface area contributed by atoms with E-state index in [2.05, 4.69) is 53.0 Å². The Labute approximate surface area is 98.3 Å². The molecule has 0 unspecified atom stereocenters. The molecule has 1 heterocycles. The minimum Gasteiger partial charge on any atom is -0.296 e. The number of hydrogen-bond acceptors (Lipinski definition) is 2. The smallest absolute Gasteiger partial charge is 0.105 e. The van der Waals surface area contributed by atoms with Crippen molar-refractivity contribution in [2.45, 2.75) is 13.8 Å². The summed E-state index contributed by atoms with van der Waals surface area (Å²) in [6.07, 6.45) is 3.61. The zero-order chi connectivity index (χ0) is 10.7. The lowest BCUT2D eigenvalue weighted by Crippen LogP contribution is -2.01. The summed E-state index contributed by atoms with van der Waals surface area (Å²) < 4.78 is 1.03. The highest BCUT2D eigenvalue weighted by molar-refractivity contribution is 14.1. The van der Waals surface area contributed by atoms with E-state index in [9.17, 15) is 0 Å². The van der Waals surface area contributed by atoms with Gasteiger partial charge in [-0.1, -0.05) is 6.58 Å². The molecule has 1 aromatic rings. The number of halogens is 1. The van der Waals surface area contributed by atoms with Gasteiger partial charge >= 0.3 is 0 Å². The quantitative estimate of drug-likeness (QED) is 0.468. The molecule has 0 radical (unpaired) electrons. The van der Waals surface area contributed by atoms with Crippen LogP contribution < -0.4 is 0 Å². The first-order valence-corrected chi connectivity index (χ1v) is 5.41. The maximum Gasteiger partial charge on any atom is 0.105 e. The van der Waals surface area contributed by atoms with Crippen molar-refractivity contribution >= 4 is 34.9 Å². The van der Waals surface area contributed by atoms with Gasteiger partial charge in [-0.05, 0) is 53.6 Å². The molecule has 0 fully saturated rings. The van der Waals surface area contributed by atoms with Gasteiger partial charge in [0.25, 0.3) is 0 Å². The molecular weight excluding hydrogens is 287 g/mol. The Bertz CT molecular complexity index is 395. The number of rotatable bonds is 2. The lowest BCUT2D eigenvalue weighted by atomic mass is 10.0. The van der Waals surface area contributed by atoms with Gasteiger partial charge in [0.2, 0.25) is 0 Å². The molecule has 0 aliphatic carbocycles. The van der Waals surface area contributed by atoms with Gasteiger partial charge in [-0.25, -0.2) is 4.98 Å². The molecule has 0 saturated carbocycles. The predicted octanol–water partition coefficient (Wildman–Crippen LogP) is 2.99. The summed E-state index contributed by atoms with van der Waals surface area (Å²) in [6, 6.07) is 0. The fraction of sp³-hybridized carbons (Fsp3) is 0.273. The molecule has 1 rings (SSSR count). The van der Waals surface area contributed by atoms with Gasteiger partial charge in [-0.15, -0.1) is 0 Å². The van der Waals surface area contributed by atoms with Crippen molar-refractivity contribution in [1.29, 1.82) is 0 Å². The van der Waals surface area contributed by atoms with Crippen LogP contribution in [0.4, 0.5) is 0 Å². The Morgan fingerprint density at radius 1 is 1.36 bits per heavy atom. The van der Waals surface area contributed by atoms with Crippen LogP contribution >= 0.6 is 22.6 Å². The molecule has 3 heteroatoms. The first-order chi connectivity index (χ1) is 6.61. The van der Waals surface area contributed by atoms with Crippen LogP contribution in [-0.2, 0) is 0 Å². The topological polar surface area (TPSA) is 25.2 Å². The number of aliphatic imine (C=N–C) groups is 1.